The number of carbonyl (C=O) groups is 1. The molecule has 0 fully saturated rings. The van der Waals surface area contributed by atoms with Crippen LogP contribution in [0.4, 0.5) is 5.69 Å². The Kier molecular flexibility index (Phi) is 4.72. The molecule has 1 heterocycles. The normalized spacial score (nSPS) is 10.7. The van der Waals surface area contributed by atoms with Gasteiger partial charge in [-0.25, -0.2) is 0 Å². The van der Waals surface area contributed by atoms with Gasteiger partial charge in [0.15, 0.2) is 6.61 Å². The number of para-hydroxylation sites is 1. The van der Waals surface area contributed by atoms with E-state index in [-0.39, 0.29) is 12.5 Å². The third-order valence-electron chi connectivity index (χ3n) is 3.83. The molecule has 3 aromatic carbocycles. The highest BCUT2D eigenvalue weighted by atomic mass is 35.5. The van der Waals surface area contributed by atoms with Crippen LogP contribution < -0.4 is 10.1 Å². The first kappa shape index (κ1) is 17.1. The summed E-state index contributed by atoms with van der Waals surface area (Å²) in [5.74, 6) is 0.400. The van der Waals surface area contributed by atoms with Crippen LogP contribution in [-0.4, -0.2) is 27.5 Å². The third-order valence-corrected chi connectivity index (χ3v) is 4.09. The molecular formula is C20H15ClN4O2. The number of benzene rings is 3. The Labute approximate surface area is 160 Å². The fourth-order valence-corrected chi connectivity index (χ4v) is 2.67. The number of carbonyl (C=O) groups excluding carboxylic acids is 1. The van der Waals surface area contributed by atoms with E-state index < -0.39 is 0 Å². The van der Waals surface area contributed by atoms with Crippen molar-refractivity contribution in [2.45, 2.75) is 0 Å². The topological polar surface area (TPSA) is 69.0 Å². The van der Waals surface area contributed by atoms with Crippen molar-refractivity contribution < 1.29 is 9.53 Å². The Balaban J connectivity index is 1.46. The van der Waals surface area contributed by atoms with Crippen molar-refractivity contribution in [1.82, 2.24) is 15.0 Å². The molecule has 0 saturated carbocycles. The number of aromatic nitrogens is 3. The van der Waals surface area contributed by atoms with E-state index in [1.165, 1.54) is 4.80 Å². The number of hydrogen-bond donors (Lipinski definition) is 1. The lowest BCUT2D eigenvalue weighted by Gasteiger charge is -2.07. The molecule has 4 aromatic rings. The molecular weight excluding hydrogens is 364 g/mol. The number of ether oxygens (including phenoxy) is 1. The Morgan fingerprint density at radius 3 is 2.48 bits per heavy atom. The molecule has 27 heavy (non-hydrogen) atoms. The van der Waals surface area contributed by atoms with Crippen molar-refractivity contribution in [2.75, 3.05) is 11.9 Å². The second-order valence-corrected chi connectivity index (χ2v) is 6.26. The highest BCUT2D eigenvalue weighted by molar-refractivity contribution is 6.30. The van der Waals surface area contributed by atoms with Crippen molar-refractivity contribution in [1.29, 1.82) is 0 Å². The third kappa shape index (κ3) is 4.07. The molecule has 0 aliphatic rings. The van der Waals surface area contributed by atoms with Crippen molar-refractivity contribution in [3.8, 4) is 11.4 Å². The predicted molar refractivity (Wildman–Crippen MR) is 104 cm³/mol. The first-order valence-electron chi connectivity index (χ1n) is 8.28. The van der Waals surface area contributed by atoms with E-state index in [0.717, 1.165) is 11.2 Å². The summed E-state index contributed by atoms with van der Waals surface area (Å²) in [5.41, 5.74) is 2.83. The van der Waals surface area contributed by atoms with Crippen LogP contribution in [-0.2, 0) is 4.79 Å². The van der Waals surface area contributed by atoms with Gasteiger partial charge in [-0.2, -0.15) is 4.80 Å². The second-order valence-electron chi connectivity index (χ2n) is 5.82. The molecule has 0 bridgehead atoms. The van der Waals surface area contributed by atoms with Gasteiger partial charge in [0, 0.05) is 10.7 Å². The van der Waals surface area contributed by atoms with Gasteiger partial charge < -0.3 is 10.1 Å². The molecule has 0 spiro atoms. The summed E-state index contributed by atoms with van der Waals surface area (Å²) >= 11 is 5.91. The van der Waals surface area contributed by atoms with Crippen LogP contribution >= 0.6 is 11.6 Å². The standard InChI is InChI=1S/C20H15ClN4O2/c21-14-6-9-16(10-7-14)25-23-18-11-8-15(12-19(18)24-25)22-20(26)13-27-17-4-2-1-3-5-17/h1-12H,13H2,(H,22,26). The van der Waals surface area contributed by atoms with Crippen LogP contribution in [0.1, 0.15) is 0 Å². The number of halogens is 1. The molecule has 4 rings (SSSR count). The SMILES string of the molecule is O=C(COc1ccccc1)Nc1ccc2nn(-c3ccc(Cl)cc3)nc2c1. The molecule has 0 aliphatic heterocycles. The molecule has 134 valence electrons. The molecule has 0 radical (unpaired) electrons. The molecule has 7 heteroatoms. The van der Waals surface area contributed by atoms with Crippen LogP contribution in [0.15, 0.2) is 72.8 Å². The maximum atomic E-state index is 12.1. The molecule has 1 N–H and O–H groups in total. The first-order valence-corrected chi connectivity index (χ1v) is 8.66. The molecule has 0 unspecified atom stereocenters. The quantitative estimate of drug-likeness (QED) is 0.568. The summed E-state index contributed by atoms with van der Waals surface area (Å²) in [6.45, 7) is -0.0699. The molecule has 0 aliphatic carbocycles. The average Bonchev–Trinajstić information content (AvgIpc) is 3.11. The largest absolute Gasteiger partial charge is 0.484 e. The molecule has 1 aromatic heterocycles. The minimum atomic E-state index is -0.247. The van der Waals surface area contributed by atoms with Gasteiger partial charge in [-0.3, -0.25) is 4.79 Å². The lowest BCUT2D eigenvalue weighted by atomic mass is 10.3. The summed E-state index contributed by atoms with van der Waals surface area (Å²) in [6, 6.07) is 21.8. The van der Waals surface area contributed by atoms with Gasteiger partial charge in [-0.1, -0.05) is 29.8 Å². The van der Waals surface area contributed by atoms with E-state index >= 15 is 0 Å². The monoisotopic (exact) mass is 378 g/mol. The minimum Gasteiger partial charge on any atom is -0.484 e. The maximum Gasteiger partial charge on any atom is 0.262 e. The zero-order valence-electron chi connectivity index (χ0n) is 14.2. The molecule has 0 saturated heterocycles. The highest BCUT2D eigenvalue weighted by Gasteiger charge is 2.08. The second kappa shape index (κ2) is 7.47. The van der Waals surface area contributed by atoms with Crippen LogP contribution in [0.3, 0.4) is 0 Å². The van der Waals surface area contributed by atoms with Gasteiger partial charge in [0.2, 0.25) is 0 Å². The molecule has 6 nitrogen and oxygen atoms in total. The van der Waals surface area contributed by atoms with E-state index in [9.17, 15) is 4.79 Å². The van der Waals surface area contributed by atoms with Crippen molar-refractivity contribution in [3.05, 3.63) is 77.8 Å². The van der Waals surface area contributed by atoms with Crippen molar-refractivity contribution >= 4 is 34.2 Å². The Bertz CT molecular complexity index is 1080. The first-order chi connectivity index (χ1) is 13.2. The number of nitrogens with one attached hydrogen (secondary N) is 1. The van der Waals surface area contributed by atoms with Gasteiger partial charge in [0.1, 0.15) is 16.8 Å². The van der Waals surface area contributed by atoms with Gasteiger partial charge >= 0.3 is 0 Å². The number of nitrogens with zero attached hydrogens (tertiary/aromatic N) is 3. The fourth-order valence-electron chi connectivity index (χ4n) is 2.54. The van der Waals surface area contributed by atoms with E-state index in [2.05, 4.69) is 15.5 Å². The van der Waals surface area contributed by atoms with E-state index in [0.29, 0.717) is 22.0 Å². The van der Waals surface area contributed by atoms with Gasteiger partial charge in [-0.05, 0) is 54.6 Å². The highest BCUT2D eigenvalue weighted by Crippen LogP contribution is 2.18. The number of fused-ring (bicyclic) bond motifs is 1. The predicted octanol–water partition coefficient (Wildman–Crippen LogP) is 4.09. The summed E-state index contributed by atoms with van der Waals surface area (Å²) in [4.78, 5) is 13.6. The Morgan fingerprint density at radius 1 is 0.963 bits per heavy atom. The van der Waals surface area contributed by atoms with Gasteiger partial charge in [-0.15, -0.1) is 10.2 Å². The molecule has 0 atom stereocenters. The molecule has 1 amide bonds. The van der Waals surface area contributed by atoms with E-state index in [1.54, 1.807) is 36.4 Å². The van der Waals surface area contributed by atoms with Crippen molar-refractivity contribution in [3.63, 3.8) is 0 Å². The van der Waals surface area contributed by atoms with E-state index in [4.69, 9.17) is 16.3 Å². The van der Waals surface area contributed by atoms with Crippen molar-refractivity contribution in [2.24, 2.45) is 0 Å². The summed E-state index contributed by atoms with van der Waals surface area (Å²) < 4.78 is 5.44. The van der Waals surface area contributed by atoms with E-state index in [1.807, 2.05) is 36.4 Å². The lowest BCUT2D eigenvalue weighted by molar-refractivity contribution is -0.118. The number of rotatable bonds is 5. The lowest BCUT2D eigenvalue weighted by Crippen LogP contribution is -2.20. The van der Waals surface area contributed by atoms with Crippen LogP contribution in [0.5, 0.6) is 5.75 Å². The van der Waals surface area contributed by atoms with Crippen LogP contribution in [0.2, 0.25) is 5.02 Å². The summed E-state index contributed by atoms with van der Waals surface area (Å²) in [6.07, 6.45) is 0. The average molecular weight is 379 g/mol. The van der Waals surface area contributed by atoms with Gasteiger partial charge in [0.25, 0.3) is 5.91 Å². The number of hydrogen-bond acceptors (Lipinski definition) is 4. The van der Waals surface area contributed by atoms with Gasteiger partial charge in [0.05, 0.1) is 5.69 Å². The number of anilines is 1. The minimum absolute atomic E-state index is 0.0699. The zero-order valence-corrected chi connectivity index (χ0v) is 14.9. The zero-order chi connectivity index (χ0) is 18.6. The van der Waals surface area contributed by atoms with Crippen LogP contribution in [0.25, 0.3) is 16.7 Å². The Hall–Kier alpha value is -3.38. The number of amides is 1. The summed E-state index contributed by atoms with van der Waals surface area (Å²) in [5, 5.41) is 12.3. The van der Waals surface area contributed by atoms with Crippen LogP contribution in [0, 0.1) is 0 Å². The summed E-state index contributed by atoms with van der Waals surface area (Å²) in [7, 11) is 0. The fraction of sp³-hybridized carbons (Fsp3) is 0.0500. The Morgan fingerprint density at radius 2 is 1.70 bits per heavy atom. The smallest absolute Gasteiger partial charge is 0.262 e. The maximum absolute atomic E-state index is 12.1.